The van der Waals surface area contributed by atoms with Crippen molar-refractivity contribution in [2.75, 3.05) is 5.75 Å². The standard InChI is InChI=1S/C9H7ClFNS/c10-7(5-12)6-13-9-3-1-2-8(11)4-9/h1-4,7H,6H2. The van der Waals surface area contributed by atoms with Gasteiger partial charge in [-0.3, -0.25) is 0 Å². The summed E-state index contributed by atoms with van der Waals surface area (Å²) in [5, 5.41) is 7.88. The van der Waals surface area contributed by atoms with Gasteiger partial charge >= 0.3 is 0 Å². The molecule has 0 aromatic heterocycles. The summed E-state index contributed by atoms with van der Waals surface area (Å²) in [6.45, 7) is 0. The molecule has 1 rings (SSSR count). The van der Waals surface area contributed by atoms with E-state index < -0.39 is 5.38 Å². The number of thioether (sulfide) groups is 1. The highest BCUT2D eigenvalue weighted by Gasteiger charge is 2.03. The molecule has 0 radical (unpaired) electrons. The Labute approximate surface area is 85.5 Å². The van der Waals surface area contributed by atoms with Crippen LogP contribution in [-0.2, 0) is 0 Å². The Morgan fingerprint density at radius 1 is 1.62 bits per heavy atom. The number of nitrogens with zero attached hydrogens (tertiary/aromatic N) is 1. The number of hydrogen-bond acceptors (Lipinski definition) is 2. The monoisotopic (exact) mass is 215 g/mol. The first kappa shape index (κ1) is 10.4. The molecule has 1 nitrogen and oxygen atoms in total. The second-order valence-electron chi connectivity index (χ2n) is 2.37. The topological polar surface area (TPSA) is 23.8 Å². The van der Waals surface area contributed by atoms with Gasteiger partial charge in [0, 0.05) is 10.6 Å². The zero-order valence-electron chi connectivity index (χ0n) is 6.71. The van der Waals surface area contributed by atoms with Crippen molar-refractivity contribution in [1.29, 1.82) is 5.26 Å². The maximum absolute atomic E-state index is 12.7. The third-order valence-corrected chi connectivity index (χ3v) is 2.85. The molecule has 13 heavy (non-hydrogen) atoms. The third-order valence-electron chi connectivity index (χ3n) is 1.33. The number of alkyl halides is 1. The molecule has 1 aromatic rings. The zero-order valence-corrected chi connectivity index (χ0v) is 8.28. The normalized spacial score (nSPS) is 12.1. The molecule has 0 aliphatic carbocycles. The summed E-state index contributed by atoms with van der Waals surface area (Å²) in [5.41, 5.74) is 0. The molecule has 1 aromatic carbocycles. The van der Waals surface area contributed by atoms with Crippen LogP contribution in [0.5, 0.6) is 0 Å². The quantitative estimate of drug-likeness (QED) is 0.572. The molecule has 0 N–H and O–H groups in total. The van der Waals surface area contributed by atoms with E-state index in [-0.39, 0.29) is 5.82 Å². The molecular weight excluding hydrogens is 209 g/mol. The van der Waals surface area contributed by atoms with Crippen LogP contribution < -0.4 is 0 Å². The summed E-state index contributed by atoms with van der Waals surface area (Å²) in [6.07, 6.45) is 0. The predicted octanol–water partition coefficient (Wildman–Crippen LogP) is 3.05. The molecule has 0 aliphatic rings. The van der Waals surface area contributed by atoms with Gasteiger partial charge in [0.1, 0.15) is 11.2 Å². The van der Waals surface area contributed by atoms with Crippen molar-refractivity contribution in [3.63, 3.8) is 0 Å². The first-order valence-electron chi connectivity index (χ1n) is 3.64. The van der Waals surface area contributed by atoms with Crippen molar-refractivity contribution in [3.8, 4) is 6.07 Å². The summed E-state index contributed by atoms with van der Waals surface area (Å²) < 4.78 is 12.7. The Morgan fingerprint density at radius 2 is 2.38 bits per heavy atom. The van der Waals surface area contributed by atoms with Gasteiger partial charge in [-0.1, -0.05) is 6.07 Å². The fraction of sp³-hybridized carbons (Fsp3) is 0.222. The fourth-order valence-corrected chi connectivity index (χ4v) is 1.74. The molecule has 0 amide bonds. The minimum atomic E-state index is -0.520. The summed E-state index contributed by atoms with van der Waals surface area (Å²) in [5.74, 6) is 0.203. The number of hydrogen-bond donors (Lipinski definition) is 0. The summed E-state index contributed by atoms with van der Waals surface area (Å²) in [4.78, 5) is 0.793. The van der Waals surface area contributed by atoms with E-state index in [0.717, 1.165) is 4.90 Å². The summed E-state index contributed by atoms with van der Waals surface area (Å²) >= 11 is 6.95. The Kier molecular flexibility index (Phi) is 4.07. The predicted molar refractivity (Wildman–Crippen MR) is 52.4 cm³/mol. The molecule has 1 atom stereocenters. The van der Waals surface area contributed by atoms with Crippen LogP contribution in [0.3, 0.4) is 0 Å². The minimum Gasteiger partial charge on any atom is -0.207 e. The van der Waals surface area contributed by atoms with E-state index in [9.17, 15) is 4.39 Å². The van der Waals surface area contributed by atoms with Gasteiger partial charge in [0.05, 0.1) is 6.07 Å². The smallest absolute Gasteiger partial charge is 0.129 e. The molecular formula is C9H7ClFNS. The van der Waals surface area contributed by atoms with Gasteiger partial charge in [0.25, 0.3) is 0 Å². The average Bonchev–Trinajstić information content (AvgIpc) is 2.14. The van der Waals surface area contributed by atoms with Crippen LogP contribution >= 0.6 is 23.4 Å². The van der Waals surface area contributed by atoms with Gasteiger partial charge in [0.2, 0.25) is 0 Å². The van der Waals surface area contributed by atoms with Gasteiger partial charge in [-0.2, -0.15) is 5.26 Å². The largest absolute Gasteiger partial charge is 0.207 e. The van der Waals surface area contributed by atoms with Crippen molar-refractivity contribution < 1.29 is 4.39 Å². The van der Waals surface area contributed by atoms with Crippen LogP contribution in [0.15, 0.2) is 29.2 Å². The number of benzene rings is 1. The van der Waals surface area contributed by atoms with E-state index in [1.165, 1.54) is 23.9 Å². The second-order valence-corrected chi connectivity index (χ2v) is 3.99. The SMILES string of the molecule is N#CC(Cl)CSc1cccc(F)c1. The maximum atomic E-state index is 12.7. The lowest BCUT2D eigenvalue weighted by atomic mass is 10.4. The van der Waals surface area contributed by atoms with Crippen LogP contribution in [-0.4, -0.2) is 11.1 Å². The maximum Gasteiger partial charge on any atom is 0.129 e. The van der Waals surface area contributed by atoms with Crippen LogP contribution in [0, 0.1) is 17.1 Å². The van der Waals surface area contributed by atoms with Crippen LogP contribution in [0.4, 0.5) is 4.39 Å². The van der Waals surface area contributed by atoms with Crippen LogP contribution in [0.1, 0.15) is 0 Å². The summed E-state index contributed by atoms with van der Waals surface area (Å²) in [6, 6.07) is 8.12. The Hall–Kier alpha value is -0.720. The molecule has 0 saturated heterocycles. The van der Waals surface area contributed by atoms with Crippen molar-refractivity contribution >= 4 is 23.4 Å². The lowest BCUT2D eigenvalue weighted by molar-refractivity contribution is 0.624. The van der Waals surface area contributed by atoms with Gasteiger partial charge in [-0.05, 0) is 18.2 Å². The Bertz CT molecular complexity index is 324. The first-order chi connectivity index (χ1) is 6.22. The van der Waals surface area contributed by atoms with Crippen molar-refractivity contribution in [1.82, 2.24) is 0 Å². The molecule has 0 heterocycles. The van der Waals surface area contributed by atoms with Gasteiger partial charge in [-0.15, -0.1) is 23.4 Å². The second kappa shape index (κ2) is 5.11. The van der Waals surface area contributed by atoms with Crippen LogP contribution in [0.2, 0.25) is 0 Å². The highest BCUT2D eigenvalue weighted by atomic mass is 35.5. The highest BCUT2D eigenvalue weighted by molar-refractivity contribution is 7.99. The van der Waals surface area contributed by atoms with E-state index in [1.54, 1.807) is 12.1 Å². The van der Waals surface area contributed by atoms with E-state index in [2.05, 4.69) is 0 Å². The molecule has 0 aliphatic heterocycles. The lowest BCUT2D eigenvalue weighted by Crippen LogP contribution is -1.96. The molecule has 0 spiro atoms. The molecule has 0 fully saturated rings. The first-order valence-corrected chi connectivity index (χ1v) is 5.06. The average molecular weight is 216 g/mol. The Morgan fingerprint density at radius 3 is 3.00 bits per heavy atom. The van der Waals surface area contributed by atoms with E-state index in [4.69, 9.17) is 16.9 Å². The fourth-order valence-electron chi connectivity index (χ4n) is 0.763. The molecule has 1 unspecified atom stereocenters. The van der Waals surface area contributed by atoms with Gasteiger partial charge in [-0.25, -0.2) is 4.39 Å². The van der Waals surface area contributed by atoms with Gasteiger partial charge < -0.3 is 0 Å². The van der Waals surface area contributed by atoms with Crippen molar-refractivity contribution in [2.24, 2.45) is 0 Å². The minimum absolute atomic E-state index is 0.270. The molecule has 68 valence electrons. The molecule has 0 bridgehead atoms. The number of rotatable bonds is 3. The van der Waals surface area contributed by atoms with Crippen LogP contribution in [0.25, 0.3) is 0 Å². The van der Waals surface area contributed by atoms with Crippen molar-refractivity contribution in [3.05, 3.63) is 30.1 Å². The lowest BCUT2D eigenvalue weighted by Gasteiger charge is -2.00. The molecule has 0 saturated carbocycles. The van der Waals surface area contributed by atoms with E-state index >= 15 is 0 Å². The van der Waals surface area contributed by atoms with Gasteiger partial charge in [0.15, 0.2) is 0 Å². The molecule has 4 heteroatoms. The van der Waals surface area contributed by atoms with E-state index in [0.29, 0.717) is 5.75 Å². The Balaban J connectivity index is 2.51. The number of nitriles is 1. The zero-order chi connectivity index (χ0) is 9.68. The number of halogens is 2. The third kappa shape index (κ3) is 3.67. The highest BCUT2D eigenvalue weighted by Crippen LogP contribution is 2.20. The van der Waals surface area contributed by atoms with Crippen molar-refractivity contribution in [2.45, 2.75) is 10.3 Å². The van der Waals surface area contributed by atoms with E-state index in [1.807, 2.05) is 6.07 Å². The summed E-state index contributed by atoms with van der Waals surface area (Å²) in [7, 11) is 0.